The molecule has 1 unspecified atom stereocenters. The molecule has 0 spiro atoms. The lowest BCUT2D eigenvalue weighted by Gasteiger charge is -2.10. The third kappa shape index (κ3) is 3.38. The molecule has 0 saturated heterocycles. The van der Waals surface area contributed by atoms with Crippen molar-refractivity contribution in [2.24, 2.45) is 0 Å². The van der Waals surface area contributed by atoms with Gasteiger partial charge in [-0.15, -0.1) is 10.2 Å². The van der Waals surface area contributed by atoms with Crippen LogP contribution in [-0.4, -0.2) is 20.3 Å². The second-order valence-corrected chi connectivity index (χ2v) is 6.46. The predicted molar refractivity (Wildman–Crippen MR) is 94.6 cm³/mol. The van der Waals surface area contributed by atoms with Gasteiger partial charge in [0.25, 0.3) is 11.6 Å². The van der Waals surface area contributed by atoms with Crippen molar-refractivity contribution in [2.45, 2.75) is 32.8 Å². The number of rotatable bonds is 5. The minimum atomic E-state index is -0.491. The summed E-state index contributed by atoms with van der Waals surface area (Å²) in [5.74, 6) is 1.02. The molecular formula is C19H17FN4O3. The summed E-state index contributed by atoms with van der Waals surface area (Å²) in [7, 11) is 0. The predicted octanol–water partition coefficient (Wildman–Crippen LogP) is 4.68. The molecule has 0 amide bonds. The Morgan fingerprint density at radius 2 is 1.85 bits per heavy atom. The number of aromatic nitrogens is 4. The molecule has 0 aliphatic rings. The third-order valence-electron chi connectivity index (χ3n) is 4.07. The van der Waals surface area contributed by atoms with Gasteiger partial charge in [-0.25, -0.2) is 9.37 Å². The number of nitrogens with zero attached hydrogens (tertiary/aromatic N) is 4. The van der Waals surface area contributed by atoms with Crippen LogP contribution in [0.1, 0.15) is 44.4 Å². The van der Waals surface area contributed by atoms with Gasteiger partial charge in [0.1, 0.15) is 11.6 Å². The minimum absolute atomic E-state index is 0.200. The van der Waals surface area contributed by atoms with E-state index in [4.69, 9.17) is 13.7 Å². The van der Waals surface area contributed by atoms with Crippen LogP contribution in [0, 0.1) is 5.82 Å². The molecule has 0 aliphatic carbocycles. The summed E-state index contributed by atoms with van der Waals surface area (Å²) in [5.41, 5.74) is 1.96. The maximum atomic E-state index is 13.0. The molecule has 3 heterocycles. The van der Waals surface area contributed by atoms with Crippen LogP contribution in [0.4, 0.5) is 4.39 Å². The van der Waals surface area contributed by atoms with E-state index < -0.39 is 6.10 Å². The first-order valence-electron chi connectivity index (χ1n) is 8.52. The van der Waals surface area contributed by atoms with E-state index in [-0.39, 0.29) is 11.7 Å². The quantitative estimate of drug-likeness (QED) is 0.505. The van der Waals surface area contributed by atoms with E-state index in [0.29, 0.717) is 28.8 Å². The smallest absolute Gasteiger partial charge is 0.257 e. The molecule has 4 rings (SSSR count). The molecular weight excluding hydrogens is 351 g/mol. The first kappa shape index (κ1) is 17.1. The van der Waals surface area contributed by atoms with Crippen LogP contribution >= 0.6 is 0 Å². The van der Waals surface area contributed by atoms with E-state index in [0.717, 1.165) is 11.1 Å². The Balaban J connectivity index is 1.59. The van der Waals surface area contributed by atoms with Gasteiger partial charge in [0.2, 0.25) is 5.89 Å². The number of ether oxygens (including phenoxy) is 1. The molecule has 1 aromatic carbocycles. The highest BCUT2D eigenvalue weighted by Crippen LogP contribution is 2.29. The van der Waals surface area contributed by atoms with E-state index in [1.807, 2.05) is 19.9 Å². The molecule has 0 aliphatic heterocycles. The number of benzene rings is 1. The molecule has 7 nitrogen and oxygen atoms in total. The van der Waals surface area contributed by atoms with Gasteiger partial charge < -0.3 is 13.7 Å². The summed E-state index contributed by atoms with van der Waals surface area (Å²) in [4.78, 5) is 4.27. The zero-order valence-corrected chi connectivity index (χ0v) is 15.0. The minimum Gasteiger partial charge on any atom is -0.481 e. The fourth-order valence-corrected chi connectivity index (χ4v) is 2.67. The average Bonchev–Trinajstić information content (AvgIpc) is 3.30. The van der Waals surface area contributed by atoms with Crippen molar-refractivity contribution in [3.05, 3.63) is 53.9 Å². The SMILES string of the molecule is CC(C)c1noc2ncc(-c3nnc(C(C)Oc4ccc(F)cc4)o3)cc12. The van der Waals surface area contributed by atoms with Crippen LogP contribution in [0.3, 0.4) is 0 Å². The Morgan fingerprint density at radius 1 is 1.07 bits per heavy atom. The highest BCUT2D eigenvalue weighted by molar-refractivity contribution is 5.80. The van der Waals surface area contributed by atoms with E-state index in [1.165, 1.54) is 12.1 Å². The van der Waals surface area contributed by atoms with Gasteiger partial charge in [-0.1, -0.05) is 19.0 Å². The van der Waals surface area contributed by atoms with Crippen LogP contribution in [-0.2, 0) is 0 Å². The van der Waals surface area contributed by atoms with Crippen LogP contribution in [0.2, 0.25) is 0 Å². The zero-order chi connectivity index (χ0) is 19.0. The Labute approximate surface area is 154 Å². The fraction of sp³-hybridized carbons (Fsp3) is 0.263. The highest BCUT2D eigenvalue weighted by atomic mass is 19.1. The largest absolute Gasteiger partial charge is 0.481 e. The lowest BCUT2D eigenvalue weighted by molar-refractivity contribution is 0.189. The second kappa shape index (κ2) is 6.79. The van der Waals surface area contributed by atoms with Gasteiger partial charge in [-0.3, -0.25) is 0 Å². The Kier molecular flexibility index (Phi) is 4.31. The van der Waals surface area contributed by atoms with Crippen LogP contribution in [0.25, 0.3) is 22.6 Å². The molecule has 0 fully saturated rings. The molecule has 0 bridgehead atoms. The van der Waals surface area contributed by atoms with Crippen LogP contribution in [0.15, 0.2) is 45.5 Å². The summed E-state index contributed by atoms with van der Waals surface area (Å²) in [6, 6.07) is 7.61. The number of hydrogen-bond donors (Lipinski definition) is 0. The maximum Gasteiger partial charge on any atom is 0.257 e. The van der Waals surface area contributed by atoms with Crippen molar-refractivity contribution in [1.82, 2.24) is 20.3 Å². The van der Waals surface area contributed by atoms with Crippen LogP contribution in [0.5, 0.6) is 5.75 Å². The van der Waals surface area contributed by atoms with E-state index in [1.54, 1.807) is 25.3 Å². The van der Waals surface area contributed by atoms with Crippen molar-refractivity contribution < 1.29 is 18.1 Å². The first-order chi connectivity index (χ1) is 13.0. The van der Waals surface area contributed by atoms with E-state index >= 15 is 0 Å². The normalized spacial score (nSPS) is 12.6. The van der Waals surface area contributed by atoms with E-state index in [9.17, 15) is 4.39 Å². The lowest BCUT2D eigenvalue weighted by Crippen LogP contribution is -2.03. The van der Waals surface area contributed by atoms with Crippen molar-refractivity contribution in [2.75, 3.05) is 0 Å². The van der Waals surface area contributed by atoms with Crippen LogP contribution < -0.4 is 4.74 Å². The lowest BCUT2D eigenvalue weighted by atomic mass is 10.1. The molecule has 8 heteroatoms. The zero-order valence-electron chi connectivity index (χ0n) is 15.0. The van der Waals surface area contributed by atoms with Gasteiger partial charge in [0.05, 0.1) is 16.6 Å². The summed E-state index contributed by atoms with van der Waals surface area (Å²) in [5, 5.41) is 13.0. The first-order valence-corrected chi connectivity index (χ1v) is 8.52. The Hall–Kier alpha value is -3.29. The summed E-state index contributed by atoms with van der Waals surface area (Å²) < 4.78 is 29.7. The van der Waals surface area contributed by atoms with Crippen molar-refractivity contribution >= 4 is 11.1 Å². The second-order valence-electron chi connectivity index (χ2n) is 6.46. The molecule has 0 radical (unpaired) electrons. The number of pyridine rings is 1. The molecule has 0 N–H and O–H groups in total. The number of hydrogen-bond acceptors (Lipinski definition) is 7. The molecule has 4 aromatic rings. The monoisotopic (exact) mass is 368 g/mol. The van der Waals surface area contributed by atoms with Gasteiger partial charge >= 0.3 is 0 Å². The molecule has 138 valence electrons. The van der Waals surface area contributed by atoms with Gasteiger partial charge in [0, 0.05) is 6.20 Å². The number of halogens is 1. The Morgan fingerprint density at radius 3 is 2.59 bits per heavy atom. The standard InChI is InChI=1S/C19H17FN4O3/c1-10(2)16-15-8-12(9-21-19(15)27-24-16)18-23-22-17(26-18)11(3)25-14-6-4-13(20)5-7-14/h4-11H,1-3H3. The van der Waals surface area contributed by atoms with E-state index in [2.05, 4.69) is 20.3 Å². The number of fused-ring (bicyclic) bond motifs is 1. The van der Waals surface area contributed by atoms with Gasteiger partial charge in [-0.2, -0.15) is 0 Å². The molecule has 3 aromatic heterocycles. The molecule has 27 heavy (non-hydrogen) atoms. The van der Waals surface area contributed by atoms with Crippen molar-refractivity contribution in [1.29, 1.82) is 0 Å². The average molecular weight is 368 g/mol. The van der Waals surface area contributed by atoms with Gasteiger partial charge in [-0.05, 0) is 43.2 Å². The summed E-state index contributed by atoms with van der Waals surface area (Å²) >= 11 is 0. The topological polar surface area (TPSA) is 87.1 Å². The fourth-order valence-electron chi connectivity index (χ4n) is 2.67. The maximum absolute atomic E-state index is 13.0. The van der Waals surface area contributed by atoms with Crippen molar-refractivity contribution in [3.8, 4) is 17.2 Å². The molecule has 0 saturated carbocycles. The molecule has 1 atom stereocenters. The third-order valence-corrected chi connectivity index (χ3v) is 4.07. The van der Waals surface area contributed by atoms with Crippen molar-refractivity contribution in [3.63, 3.8) is 0 Å². The summed E-state index contributed by atoms with van der Waals surface area (Å²) in [6.07, 6.45) is 1.11. The Bertz CT molecular complexity index is 1070. The summed E-state index contributed by atoms with van der Waals surface area (Å²) in [6.45, 7) is 5.84. The highest BCUT2D eigenvalue weighted by Gasteiger charge is 2.19. The van der Waals surface area contributed by atoms with Gasteiger partial charge in [0.15, 0.2) is 6.10 Å².